The molecule has 0 aromatic heterocycles. The van der Waals surface area contributed by atoms with Gasteiger partial charge in [0.25, 0.3) is 0 Å². The Morgan fingerprint density at radius 3 is 2.12 bits per heavy atom. The lowest BCUT2D eigenvalue weighted by Crippen LogP contribution is -2.38. The van der Waals surface area contributed by atoms with Crippen LogP contribution in [0.3, 0.4) is 0 Å². The highest BCUT2D eigenvalue weighted by Crippen LogP contribution is 2.27. The molecular formula is C20H26O5. The zero-order valence-corrected chi connectivity index (χ0v) is 15.3. The molecule has 25 heavy (non-hydrogen) atoms. The standard InChI is InChI=1S/C20H26O5/c1-6-16(17(23-3)14-15-10-8-7-9-11-15)12-13-20(2,18(21)24-4)19(22)25-5/h6-12,17H,1,13-14H2,2-5H3/b16-12+/t17-/m0/s1. The van der Waals surface area contributed by atoms with Gasteiger partial charge in [0.2, 0.25) is 0 Å². The first-order valence-electron chi connectivity index (χ1n) is 7.99. The second kappa shape index (κ2) is 9.79. The molecule has 0 heterocycles. The Kier molecular flexibility index (Phi) is 8.08. The number of esters is 2. The summed E-state index contributed by atoms with van der Waals surface area (Å²) in [6, 6.07) is 9.91. The molecule has 0 spiro atoms. The third kappa shape index (κ3) is 5.29. The van der Waals surface area contributed by atoms with Gasteiger partial charge in [-0.15, -0.1) is 0 Å². The van der Waals surface area contributed by atoms with E-state index in [0.29, 0.717) is 6.42 Å². The van der Waals surface area contributed by atoms with Gasteiger partial charge in [-0.25, -0.2) is 0 Å². The van der Waals surface area contributed by atoms with Crippen LogP contribution in [-0.4, -0.2) is 39.4 Å². The zero-order valence-electron chi connectivity index (χ0n) is 15.3. The summed E-state index contributed by atoms with van der Waals surface area (Å²) >= 11 is 0. The predicted octanol–water partition coefficient (Wildman–Crippen LogP) is 3.10. The molecule has 0 bridgehead atoms. The first-order valence-corrected chi connectivity index (χ1v) is 7.99. The monoisotopic (exact) mass is 346 g/mol. The zero-order chi connectivity index (χ0) is 18.9. The van der Waals surface area contributed by atoms with Crippen molar-refractivity contribution in [3.05, 3.63) is 60.2 Å². The normalized spacial score (nSPS) is 13.0. The van der Waals surface area contributed by atoms with Crippen LogP contribution in [0.25, 0.3) is 0 Å². The molecule has 0 aliphatic heterocycles. The van der Waals surface area contributed by atoms with Crippen LogP contribution in [-0.2, 0) is 30.2 Å². The maximum atomic E-state index is 12.1. The molecule has 0 aliphatic rings. The van der Waals surface area contributed by atoms with Gasteiger partial charge in [-0.05, 0) is 24.5 Å². The molecule has 1 atom stereocenters. The smallest absolute Gasteiger partial charge is 0.323 e. The van der Waals surface area contributed by atoms with E-state index in [1.54, 1.807) is 19.3 Å². The molecule has 5 nitrogen and oxygen atoms in total. The Hall–Kier alpha value is -2.40. The molecule has 0 N–H and O–H groups in total. The SMILES string of the molecule is C=C/C(=C\CC(C)(C(=O)OC)C(=O)OC)[C@H](Cc1ccccc1)OC. The summed E-state index contributed by atoms with van der Waals surface area (Å²) in [6.07, 6.45) is 3.99. The molecular weight excluding hydrogens is 320 g/mol. The summed E-state index contributed by atoms with van der Waals surface area (Å²) < 4.78 is 15.1. The van der Waals surface area contributed by atoms with E-state index in [1.807, 2.05) is 30.3 Å². The van der Waals surface area contributed by atoms with Crippen molar-refractivity contribution >= 4 is 11.9 Å². The van der Waals surface area contributed by atoms with Gasteiger partial charge >= 0.3 is 11.9 Å². The fourth-order valence-electron chi connectivity index (χ4n) is 2.53. The van der Waals surface area contributed by atoms with Crippen molar-refractivity contribution in [3.63, 3.8) is 0 Å². The summed E-state index contributed by atoms with van der Waals surface area (Å²) in [5.41, 5.74) is 0.499. The lowest BCUT2D eigenvalue weighted by molar-refractivity contribution is -0.167. The van der Waals surface area contributed by atoms with Crippen molar-refractivity contribution in [2.75, 3.05) is 21.3 Å². The summed E-state index contributed by atoms with van der Waals surface area (Å²) in [5.74, 6) is -1.29. The van der Waals surface area contributed by atoms with Crippen molar-refractivity contribution in [2.24, 2.45) is 5.41 Å². The van der Waals surface area contributed by atoms with Gasteiger partial charge in [0.05, 0.1) is 20.3 Å². The summed E-state index contributed by atoms with van der Waals surface area (Å²) in [7, 11) is 4.11. The van der Waals surface area contributed by atoms with Gasteiger partial charge in [0, 0.05) is 13.5 Å². The van der Waals surface area contributed by atoms with E-state index >= 15 is 0 Å². The molecule has 1 aromatic rings. The molecule has 0 amide bonds. The average molecular weight is 346 g/mol. The van der Waals surface area contributed by atoms with Gasteiger partial charge in [-0.3, -0.25) is 9.59 Å². The number of benzene rings is 1. The minimum absolute atomic E-state index is 0.127. The summed E-state index contributed by atoms with van der Waals surface area (Å²) in [4.78, 5) is 24.1. The van der Waals surface area contributed by atoms with Crippen molar-refractivity contribution in [2.45, 2.75) is 25.9 Å². The second-order valence-corrected chi connectivity index (χ2v) is 5.84. The summed E-state index contributed by atoms with van der Waals surface area (Å²) in [5, 5.41) is 0. The molecule has 0 saturated carbocycles. The van der Waals surface area contributed by atoms with Gasteiger partial charge in [-0.1, -0.05) is 49.1 Å². The van der Waals surface area contributed by atoms with Crippen LogP contribution in [0.1, 0.15) is 18.9 Å². The molecule has 0 aliphatic carbocycles. The number of methoxy groups -OCH3 is 3. The van der Waals surface area contributed by atoms with Crippen molar-refractivity contribution in [1.82, 2.24) is 0 Å². The maximum Gasteiger partial charge on any atom is 0.323 e. The fraction of sp³-hybridized carbons (Fsp3) is 0.400. The maximum absolute atomic E-state index is 12.1. The number of carbonyl (C=O) groups excluding carboxylic acids is 2. The lowest BCUT2D eigenvalue weighted by atomic mass is 9.85. The van der Waals surface area contributed by atoms with E-state index in [1.165, 1.54) is 21.1 Å². The number of ether oxygens (including phenoxy) is 3. The van der Waals surface area contributed by atoms with Crippen LogP contribution in [0.15, 0.2) is 54.6 Å². The number of hydrogen-bond donors (Lipinski definition) is 0. The Labute approximate surface area is 149 Å². The van der Waals surface area contributed by atoms with Crippen molar-refractivity contribution < 1.29 is 23.8 Å². The first kappa shape index (κ1) is 20.6. The van der Waals surface area contributed by atoms with Gasteiger partial charge in [0.15, 0.2) is 5.41 Å². The van der Waals surface area contributed by atoms with E-state index in [0.717, 1.165) is 11.1 Å². The lowest BCUT2D eigenvalue weighted by Gasteiger charge is -2.23. The van der Waals surface area contributed by atoms with Crippen LogP contribution in [0.2, 0.25) is 0 Å². The molecule has 0 unspecified atom stereocenters. The Morgan fingerprint density at radius 2 is 1.68 bits per heavy atom. The Balaban J connectivity index is 3.03. The van der Waals surface area contributed by atoms with E-state index in [9.17, 15) is 9.59 Å². The fourth-order valence-corrected chi connectivity index (χ4v) is 2.53. The highest BCUT2D eigenvalue weighted by molar-refractivity contribution is 5.99. The molecule has 0 radical (unpaired) electrons. The van der Waals surface area contributed by atoms with E-state index in [-0.39, 0.29) is 12.5 Å². The third-order valence-electron chi connectivity index (χ3n) is 4.17. The number of allylic oxidation sites excluding steroid dienone is 1. The predicted molar refractivity (Wildman–Crippen MR) is 96.0 cm³/mol. The second-order valence-electron chi connectivity index (χ2n) is 5.84. The Morgan fingerprint density at radius 1 is 1.12 bits per heavy atom. The van der Waals surface area contributed by atoms with Crippen LogP contribution in [0, 0.1) is 5.41 Å². The quantitative estimate of drug-likeness (QED) is 0.391. The van der Waals surface area contributed by atoms with Crippen LogP contribution in [0.5, 0.6) is 0 Å². The highest BCUT2D eigenvalue weighted by atomic mass is 16.5. The molecule has 136 valence electrons. The number of rotatable bonds is 9. The molecule has 1 aromatic carbocycles. The van der Waals surface area contributed by atoms with E-state index in [2.05, 4.69) is 6.58 Å². The molecule has 1 rings (SSSR count). The van der Waals surface area contributed by atoms with Crippen molar-refractivity contribution in [1.29, 1.82) is 0 Å². The van der Waals surface area contributed by atoms with E-state index < -0.39 is 17.4 Å². The topological polar surface area (TPSA) is 61.8 Å². The van der Waals surface area contributed by atoms with Crippen LogP contribution in [0.4, 0.5) is 0 Å². The number of carbonyl (C=O) groups is 2. The average Bonchev–Trinajstić information content (AvgIpc) is 2.66. The van der Waals surface area contributed by atoms with Gasteiger partial charge in [0.1, 0.15) is 0 Å². The largest absolute Gasteiger partial charge is 0.468 e. The Bertz CT molecular complexity index is 602. The van der Waals surface area contributed by atoms with Gasteiger partial charge in [-0.2, -0.15) is 0 Å². The molecule has 0 saturated heterocycles. The third-order valence-corrected chi connectivity index (χ3v) is 4.17. The van der Waals surface area contributed by atoms with E-state index in [4.69, 9.17) is 14.2 Å². The molecule has 0 fully saturated rings. The minimum atomic E-state index is -1.41. The first-order chi connectivity index (χ1) is 11.9. The highest BCUT2D eigenvalue weighted by Gasteiger charge is 2.42. The molecule has 5 heteroatoms. The van der Waals surface area contributed by atoms with Crippen molar-refractivity contribution in [3.8, 4) is 0 Å². The van der Waals surface area contributed by atoms with Crippen LogP contribution < -0.4 is 0 Å². The number of hydrogen-bond acceptors (Lipinski definition) is 5. The van der Waals surface area contributed by atoms with Crippen LogP contribution >= 0.6 is 0 Å². The minimum Gasteiger partial charge on any atom is -0.468 e. The van der Waals surface area contributed by atoms with Gasteiger partial charge < -0.3 is 14.2 Å². The summed E-state index contributed by atoms with van der Waals surface area (Å²) in [6.45, 7) is 5.32.